The van der Waals surface area contributed by atoms with E-state index in [0.29, 0.717) is 0 Å². The topological polar surface area (TPSA) is 0 Å². The van der Waals surface area contributed by atoms with Crippen LogP contribution in [0.25, 0.3) is 0 Å². The largest absolute Gasteiger partial charge is 0.115 e. The van der Waals surface area contributed by atoms with E-state index in [1.165, 1.54) is 11.1 Å². The molecule has 0 aliphatic rings. The highest BCUT2D eigenvalue weighted by Gasteiger charge is 1.97. The Morgan fingerprint density at radius 1 is 0.765 bits per heavy atom. The van der Waals surface area contributed by atoms with Crippen molar-refractivity contribution in [3.8, 4) is 24.7 Å². The minimum atomic E-state index is 0.875. The molecule has 0 amide bonds. The number of terminal acetylenes is 2. The van der Waals surface area contributed by atoms with Crippen LogP contribution in [0.1, 0.15) is 22.3 Å². The molecular weight excluding hydrogens is 204 g/mol. The van der Waals surface area contributed by atoms with Crippen LogP contribution in [0.15, 0.2) is 48.5 Å². The van der Waals surface area contributed by atoms with Crippen molar-refractivity contribution < 1.29 is 0 Å². The van der Waals surface area contributed by atoms with E-state index >= 15 is 0 Å². The van der Waals surface area contributed by atoms with Crippen molar-refractivity contribution in [3.63, 3.8) is 0 Å². The standard InChI is InChI=1S/C17H12/c1-3-14-8-10-16(11-9-14)13-17-7-5-6-15(4-2)12-17/h1-2,5-12H,13H2. The van der Waals surface area contributed by atoms with Gasteiger partial charge in [-0.1, -0.05) is 36.1 Å². The summed E-state index contributed by atoms with van der Waals surface area (Å²) in [6, 6.07) is 16.1. The van der Waals surface area contributed by atoms with E-state index in [1.54, 1.807) is 0 Å². The van der Waals surface area contributed by atoms with Gasteiger partial charge in [0.1, 0.15) is 0 Å². The number of rotatable bonds is 2. The van der Waals surface area contributed by atoms with Crippen molar-refractivity contribution in [1.29, 1.82) is 0 Å². The monoisotopic (exact) mass is 216 g/mol. The molecule has 80 valence electrons. The molecule has 2 aromatic carbocycles. The zero-order valence-corrected chi connectivity index (χ0v) is 9.48. The van der Waals surface area contributed by atoms with Crippen LogP contribution < -0.4 is 0 Å². The Labute approximate surface area is 102 Å². The third-order valence-corrected chi connectivity index (χ3v) is 2.62. The normalized spacial score (nSPS) is 9.29. The third-order valence-electron chi connectivity index (χ3n) is 2.62. The Morgan fingerprint density at radius 3 is 2.12 bits per heavy atom. The molecule has 17 heavy (non-hydrogen) atoms. The lowest BCUT2D eigenvalue weighted by molar-refractivity contribution is 1.19. The lowest BCUT2D eigenvalue weighted by atomic mass is 10.0. The van der Waals surface area contributed by atoms with Crippen molar-refractivity contribution in [3.05, 3.63) is 70.8 Å². The molecule has 0 nitrogen and oxygen atoms in total. The van der Waals surface area contributed by atoms with Crippen molar-refractivity contribution >= 4 is 0 Å². The van der Waals surface area contributed by atoms with Crippen molar-refractivity contribution in [1.82, 2.24) is 0 Å². The zero-order valence-electron chi connectivity index (χ0n) is 9.48. The maximum Gasteiger partial charge on any atom is 0.0245 e. The second-order valence-electron chi connectivity index (χ2n) is 3.86. The average Bonchev–Trinajstić information content (AvgIpc) is 2.40. The maximum atomic E-state index is 5.38. The molecule has 0 fully saturated rings. The van der Waals surface area contributed by atoms with Crippen LogP contribution in [0.5, 0.6) is 0 Å². The van der Waals surface area contributed by atoms with Crippen LogP contribution >= 0.6 is 0 Å². The summed E-state index contributed by atoms with van der Waals surface area (Å²) in [6.45, 7) is 0. The highest BCUT2D eigenvalue weighted by molar-refractivity contribution is 5.39. The molecule has 0 heterocycles. The van der Waals surface area contributed by atoms with Gasteiger partial charge in [0, 0.05) is 11.1 Å². The lowest BCUT2D eigenvalue weighted by Gasteiger charge is -2.03. The van der Waals surface area contributed by atoms with E-state index in [4.69, 9.17) is 12.8 Å². The van der Waals surface area contributed by atoms with E-state index in [1.807, 2.05) is 30.3 Å². The van der Waals surface area contributed by atoms with Gasteiger partial charge < -0.3 is 0 Å². The van der Waals surface area contributed by atoms with Gasteiger partial charge >= 0.3 is 0 Å². The fourth-order valence-corrected chi connectivity index (χ4v) is 1.73. The molecule has 0 bridgehead atoms. The molecule has 0 heteroatoms. The lowest BCUT2D eigenvalue weighted by Crippen LogP contribution is -1.89. The molecule has 0 aromatic heterocycles. The van der Waals surface area contributed by atoms with Gasteiger partial charge in [0.2, 0.25) is 0 Å². The molecule has 0 atom stereocenters. The van der Waals surface area contributed by atoms with Crippen LogP contribution in [0, 0.1) is 24.7 Å². The predicted molar refractivity (Wildman–Crippen MR) is 71.6 cm³/mol. The molecular formula is C17H12. The number of hydrogen-bond donors (Lipinski definition) is 0. The SMILES string of the molecule is C#Cc1ccc(Cc2cccc(C#C)c2)cc1. The van der Waals surface area contributed by atoms with Crippen molar-refractivity contribution in [2.45, 2.75) is 6.42 Å². The highest BCUT2D eigenvalue weighted by Crippen LogP contribution is 2.12. The number of benzene rings is 2. The maximum absolute atomic E-state index is 5.38. The Balaban J connectivity index is 2.20. The van der Waals surface area contributed by atoms with Crippen LogP contribution in [0.3, 0.4) is 0 Å². The first-order valence-corrected chi connectivity index (χ1v) is 5.43. The Kier molecular flexibility index (Phi) is 3.29. The first-order valence-electron chi connectivity index (χ1n) is 5.43. The van der Waals surface area contributed by atoms with E-state index < -0.39 is 0 Å². The second-order valence-corrected chi connectivity index (χ2v) is 3.86. The molecule has 0 aliphatic heterocycles. The zero-order chi connectivity index (χ0) is 12.1. The van der Waals surface area contributed by atoms with Gasteiger partial charge in [-0.05, 0) is 41.8 Å². The summed E-state index contributed by atoms with van der Waals surface area (Å²) < 4.78 is 0. The molecule has 2 aromatic rings. The van der Waals surface area contributed by atoms with Gasteiger partial charge in [0.05, 0.1) is 0 Å². The Bertz CT molecular complexity index is 589. The molecule has 0 spiro atoms. The summed E-state index contributed by atoms with van der Waals surface area (Å²) in [7, 11) is 0. The first kappa shape index (κ1) is 11.1. The van der Waals surface area contributed by atoms with Crippen LogP contribution in [-0.2, 0) is 6.42 Å². The molecule has 0 radical (unpaired) electrons. The third kappa shape index (κ3) is 2.77. The van der Waals surface area contributed by atoms with Crippen LogP contribution in [0.4, 0.5) is 0 Å². The van der Waals surface area contributed by atoms with E-state index in [-0.39, 0.29) is 0 Å². The molecule has 0 N–H and O–H groups in total. The summed E-state index contributed by atoms with van der Waals surface area (Å²) in [5.74, 6) is 5.25. The fourth-order valence-electron chi connectivity index (χ4n) is 1.73. The van der Waals surface area contributed by atoms with Gasteiger partial charge in [-0.25, -0.2) is 0 Å². The van der Waals surface area contributed by atoms with Gasteiger partial charge in [0.25, 0.3) is 0 Å². The summed E-state index contributed by atoms with van der Waals surface area (Å²) >= 11 is 0. The predicted octanol–water partition coefficient (Wildman–Crippen LogP) is 3.24. The molecule has 0 unspecified atom stereocenters. The number of hydrogen-bond acceptors (Lipinski definition) is 0. The van der Waals surface area contributed by atoms with E-state index in [2.05, 4.69) is 30.0 Å². The molecule has 0 saturated heterocycles. The second kappa shape index (κ2) is 5.06. The van der Waals surface area contributed by atoms with Crippen LogP contribution in [0.2, 0.25) is 0 Å². The van der Waals surface area contributed by atoms with Gasteiger partial charge in [-0.3, -0.25) is 0 Å². The quantitative estimate of drug-likeness (QED) is 0.676. The van der Waals surface area contributed by atoms with Gasteiger partial charge in [0.15, 0.2) is 0 Å². The summed E-state index contributed by atoms with van der Waals surface area (Å²) in [5.41, 5.74) is 4.28. The minimum Gasteiger partial charge on any atom is -0.115 e. The van der Waals surface area contributed by atoms with E-state index in [9.17, 15) is 0 Å². The Hall–Kier alpha value is -2.44. The van der Waals surface area contributed by atoms with Crippen molar-refractivity contribution in [2.75, 3.05) is 0 Å². The van der Waals surface area contributed by atoms with E-state index in [0.717, 1.165) is 17.5 Å². The van der Waals surface area contributed by atoms with Gasteiger partial charge in [-0.15, -0.1) is 12.8 Å². The summed E-state index contributed by atoms with van der Waals surface area (Å²) in [4.78, 5) is 0. The fraction of sp³-hybridized carbons (Fsp3) is 0.0588. The Morgan fingerprint density at radius 2 is 1.47 bits per heavy atom. The van der Waals surface area contributed by atoms with Crippen molar-refractivity contribution in [2.24, 2.45) is 0 Å². The average molecular weight is 216 g/mol. The van der Waals surface area contributed by atoms with Crippen LogP contribution in [-0.4, -0.2) is 0 Å². The minimum absolute atomic E-state index is 0.875. The summed E-state index contributed by atoms with van der Waals surface area (Å²) in [5, 5.41) is 0. The van der Waals surface area contributed by atoms with Gasteiger partial charge in [-0.2, -0.15) is 0 Å². The summed E-state index contributed by atoms with van der Waals surface area (Å²) in [6.07, 6.45) is 11.6. The smallest absolute Gasteiger partial charge is 0.0245 e. The highest BCUT2D eigenvalue weighted by atomic mass is 14.0. The molecule has 0 saturated carbocycles. The molecule has 0 aliphatic carbocycles. The first-order chi connectivity index (χ1) is 8.31. The molecule has 2 rings (SSSR count).